The number of hydrogen-bond acceptors (Lipinski definition) is 2. The van der Waals surface area contributed by atoms with Gasteiger partial charge >= 0.3 is 0 Å². The summed E-state index contributed by atoms with van der Waals surface area (Å²) in [6.45, 7) is 0. The van der Waals surface area contributed by atoms with Gasteiger partial charge in [0.1, 0.15) is 11.5 Å². The SMILES string of the molecule is c1cc2ccc1Oc1ccc(cc1)S2. The smallest absolute Gasteiger partial charge is 0.127 e. The molecule has 2 aromatic carbocycles. The molecule has 0 amide bonds. The minimum absolute atomic E-state index is 0.893. The van der Waals surface area contributed by atoms with Crippen LogP contribution in [-0.2, 0) is 0 Å². The molecule has 0 radical (unpaired) electrons. The van der Waals surface area contributed by atoms with Crippen LogP contribution < -0.4 is 4.74 Å². The normalized spacial score (nSPS) is 12.6. The molecule has 4 heterocycles. The van der Waals surface area contributed by atoms with Crippen molar-refractivity contribution in [3.8, 4) is 11.5 Å². The zero-order valence-electron chi connectivity index (χ0n) is 7.44. The molecule has 4 aliphatic heterocycles. The third kappa shape index (κ3) is 1.38. The van der Waals surface area contributed by atoms with Gasteiger partial charge in [-0.25, -0.2) is 0 Å². The second kappa shape index (κ2) is 3.07. The lowest BCUT2D eigenvalue weighted by molar-refractivity contribution is 0.481. The number of ether oxygens (including phenoxy) is 1. The predicted octanol–water partition coefficient (Wildman–Crippen LogP) is 3.94. The topological polar surface area (TPSA) is 9.23 Å². The first kappa shape index (κ1) is 7.94. The molecule has 4 aliphatic rings. The zero-order chi connectivity index (χ0) is 9.38. The van der Waals surface area contributed by atoms with E-state index < -0.39 is 0 Å². The standard InChI is InChI=1S/C12H8OS/c1-5-11-6-2-9(1)13-10-3-7-12(14-11)8-4-10/h1-8H. The van der Waals surface area contributed by atoms with Gasteiger partial charge in [0.15, 0.2) is 0 Å². The van der Waals surface area contributed by atoms with E-state index in [4.69, 9.17) is 4.74 Å². The van der Waals surface area contributed by atoms with E-state index in [0.717, 1.165) is 11.5 Å². The van der Waals surface area contributed by atoms with Crippen LogP contribution >= 0.6 is 11.8 Å². The van der Waals surface area contributed by atoms with Crippen molar-refractivity contribution in [2.45, 2.75) is 9.79 Å². The summed E-state index contributed by atoms with van der Waals surface area (Å²) in [6.07, 6.45) is 0. The Morgan fingerprint density at radius 1 is 0.643 bits per heavy atom. The van der Waals surface area contributed by atoms with Crippen LogP contribution in [0, 0.1) is 0 Å². The van der Waals surface area contributed by atoms with Gasteiger partial charge in [-0.3, -0.25) is 0 Å². The van der Waals surface area contributed by atoms with E-state index in [1.807, 2.05) is 24.3 Å². The molecule has 0 atom stereocenters. The van der Waals surface area contributed by atoms with E-state index >= 15 is 0 Å². The van der Waals surface area contributed by atoms with Crippen LogP contribution in [0.15, 0.2) is 58.3 Å². The molecule has 2 heteroatoms. The zero-order valence-corrected chi connectivity index (χ0v) is 8.25. The van der Waals surface area contributed by atoms with Gasteiger partial charge in [0.2, 0.25) is 0 Å². The maximum Gasteiger partial charge on any atom is 0.127 e. The molecule has 0 N–H and O–H groups in total. The lowest BCUT2D eigenvalue weighted by Crippen LogP contribution is -1.86. The highest BCUT2D eigenvalue weighted by Crippen LogP contribution is 2.33. The minimum atomic E-state index is 0.893. The molecule has 0 saturated heterocycles. The Hall–Kier alpha value is -1.41. The van der Waals surface area contributed by atoms with Crippen LogP contribution in [0.2, 0.25) is 0 Å². The molecule has 1 nitrogen and oxygen atoms in total. The molecule has 0 aliphatic carbocycles. The van der Waals surface area contributed by atoms with Gasteiger partial charge in [-0.2, -0.15) is 0 Å². The number of rotatable bonds is 0. The van der Waals surface area contributed by atoms with Gasteiger partial charge < -0.3 is 4.74 Å². The van der Waals surface area contributed by atoms with E-state index in [-0.39, 0.29) is 0 Å². The Kier molecular flexibility index (Phi) is 1.74. The van der Waals surface area contributed by atoms with Crippen molar-refractivity contribution in [2.24, 2.45) is 0 Å². The van der Waals surface area contributed by atoms with Crippen molar-refractivity contribution >= 4 is 11.8 Å². The molecule has 2 aromatic rings. The Morgan fingerprint density at radius 2 is 1.07 bits per heavy atom. The number of benzene rings is 2. The van der Waals surface area contributed by atoms with E-state index in [1.165, 1.54) is 9.79 Å². The van der Waals surface area contributed by atoms with Gasteiger partial charge in [0.05, 0.1) is 0 Å². The minimum Gasteiger partial charge on any atom is -0.457 e. The summed E-state index contributed by atoms with van der Waals surface area (Å²) in [5.41, 5.74) is 0. The largest absolute Gasteiger partial charge is 0.457 e. The first-order valence-electron chi connectivity index (χ1n) is 4.46. The van der Waals surface area contributed by atoms with E-state index in [2.05, 4.69) is 24.3 Å². The van der Waals surface area contributed by atoms with Crippen LogP contribution in [0.4, 0.5) is 0 Å². The van der Waals surface area contributed by atoms with Crippen molar-refractivity contribution in [1.82, 2.24) is 0 Å². The molecule has 0 fully saturated rings. The van der Waals surface area contributed by atoms with Crippen molar-refractivity contribution in [3.63, 3.8) is 0 Å². The highest BCUT2D eigenvalue weighted by molar-refractivity contribution is 7.99. The Morgan fingerprint density at radius 3 is 1.50 bits per heavy atom. The number of hydrogen-bond donors (Lipinski definition) is 0. The Bertz CT molecular complexity index is 357. The fraction of sp³-hybridized carbons (Fsp3) is 0. The van der Waals surface area contributed by atoms with E-state index in [9.17, 15) is 0 Å². The van der Waals surface area contributed by atoms with Crippen LogP contribution in [-0.4, -0.2) is 0 Å². The predicted molar refractivity (Wildman–Crippen MR) is 57.1 cm³/mol. The summed E-state index contributed by atoms with van der Waals surface area (Å²) in [4.78, 5) is 2.49. The molecular weight excluding hydrogens is 192 g/mol. The second-order valence-electron chi connectivity index (χ2n) is 3.15. The van der Waals surface area contributed by atoms with Crippen molar-refractivity contribution < 1.29 is 4.74 Å². The van der Waals surface area contributed by atoms with Crippen LogP contribution in [0.1, 0.15) is 0 Å². The quantitative estimate of drug-likeness (QED) is 0.543. The lowest BCUT2D eigenvalue weighted by Gasteiger charge is -2.10. The summed E-state index contributed by atoms with van der Waals surface area (Å²) in [5.74, 6) is 1.79. The van der Waals surface area contributed by atoms with Crippen molar-refractivity contribution in [3.05, 3.63) is 48.5 Å². The van der Waals surface area contributed by atoms with Gasteiger partial charge in [0, 0.05) is 9.79 Å². The molecule has 0 unspecified atom stereocenters. The fourth-order valence-corrected chi connectivity index (χ4v) is 2.24. The average molecular weight is 200 g/mol. The summed E-state index contributed by atoms with van der Waals surface area (Å²) >= 11 is 1.77. The maximum absolute atomic E-state index is 5.65. The monoisotopic (exact) mass is 200 g/mol. The van der Waals surface area contributed by atoms with Crippen molar-refractivity contribution in [2.75, 3.05) is 0 Å². The van der Waals surface area contributed by atoms with Crippen LogP contribution in [0.25, 0.3) is 0 Å². The first-order valence-corrected chi connectivity index (χ1v) is 5.28. The van der Waals surface area contributed by atoms with Gasteiger partial charge in [-0.05, 0) is 48.5 Å². The highest BCUT2D eigenvalue weighted by Gasteiger charge is 2.03. The Labute approximate surface area is 86.7 Å². The van der Waals surface area contributed by atoms with E-state index in [1.54, 1.807) is 11.8 Å². The lowest BCUT2D eigenvalue weighted by atomic mass is 10.3. The van der Waals surface area contributed by atoms with Gasteiger partial charge in [-0.15, -0.1) is 0 Å². The second-order valence-corrected chi connectivity index (χ2v) is 4.29. The molecule has 0 saturated carbocycles. The molecular formula is C12H8OS. The fourth-order valence-electron chi connectivity index (χ4n) is 1.42. The van der Waals surface area contributed by atoms with Gasteiger partial charge in [-0.1, -0.05) is 11.8 Å². The molecule has 6 rings (SSSR count). The van der Waals surface area contributed by atoms with Crippen LogP contribution in [0.5, 0.6) is 11.5 Å². The third-order valence-corrected chi connectivity index (χ3v) is 3.13. The maximum atomic E-state index is 5.65. The van der Waals surface area contributed by atoms with Gasteiger partial charge in [0.25, 0.3) is 0 Å². The molecule has 14 heavy (non-hydrogen) atoms. The Balaban J connectivity index is 2.19. The summed E-state index contributed by atoms with van der Waals surface area (Å²) in [7, 11) is 0. The summed E-state index contributed by atoms with van der Waals surface area (Å²) in [5, 5.41) is 0. The summed E-state index contributed by atoms with van der Waals surface area (Å²) in [6, 6.07) is 16.3. The van der Waals surface area contributed by atoms with E-state index in [0.29, 0.717) is 0 Å². The molecule has 0 aromatic heterocycles. The average Bonchev–Trinajstić information content (AvgIpc) is 2.27. The highest BCUT2D eigenvalue weighted by atomic mass is 32.2. The summed E-state index contributed by atoms with van der Waals surface area (Å²) < 4.78 is 5.65. The molecule has 68 valence electrons. The molecule has 4 bridgehead atoms. The first-order chi connectivity index (χ1) is 6.90. The van der Waals surface area contributed by atoms with Crippen molar-refractivity contribution in [1.29, 1.82) is 0 Å². The molecule has 0 spiro atoms. The third-order valence-electron chi connectivity index (χ3n) is 2.12. The van der Waals surface area contributed by atoms with Crippen LogP contribution in [0.3, 0.4) is 0 Å².